The average Bonchev–Trinajstić information content (AvgIpc) is 2.14. The van der Waals surface area contributed by atoms with Crippen LogP contribution in [0.15, 0.2) is 18.3 Å². The fourth-order valence-corrected chi connectivity index (χ4v) is 1.80. The van der Waals surface area contributed by atoms with Gasteiger partial charge in [0.05, 0.1) is 0 Å². The van der Waals surface area contributed by atoms with E-state index < -0.39 is 0 Å². The molecule has 0 aliphatic heterocycles. The summed E-state index contributed by atoms with van der Waals surface area (Å²) >= 11 is 1.88. The first-order chi connectivity index (χ1) is 6.53. The highest BCUT2D eigenvalue weighted by Gasteiger charge is 2.12. The Morgan fingerprint density at radius 1 is 1.50 bits per heavy atom. The molecule has 0 saturated heterocycles. The molecule has 0 bridgehead atoms. The van der Waals surface area contributed by atoms with Crippen LogP contribution in [-0.2, 0) is 5.75 Å². The van der Waals surface area contributed by atoms with Crippen LogP contribution in [0.25, 0.3) is 0 Å². The summed E-state index contributed by atoms with van der Waals surface area (Å²) in [7, 11) is 0. The summed E-state index contributed by atoms with van der Waals surface area (Å²) in [6.45, 7) is 6.59. The van der Waals surface area contributed by atoms with Crippen molar-refractivity contribution in [3.05, 3.63) is 23.9 Å². The van der Waals surface area contributed by atoms with Crippen LogP contribution in [0.2, 0.25) is 0 Å². The zero-order valence-electron chi connectivity index (χ0n) is 8.87. The molecule has 3 N–H and O–H groups in total. The van der Waals surface area contributed by atoms with E-state index >= 15 is 0 Å². The highest BCUT2D eigenvalue weighted by Crippen LogP contribution is 2.28. The van der Waals surface area contributed by atoms with Crippen LogP contribution in [0.4, 0.5) is 5.82 Å². The number of hydrogen-bond donors (Lipinski definition) is 2. The molecule has 3 nitrogen and oxygen atoms in total. The molecule has 1 rings (SSSR count). The number of nitrogens with one attached hydrogen (secondary N) is 1. The Kier molecular flexibility index (Phi) is 3.77. The highest BCUT2D eigenvalue weighted by molar-refractivity contribution is 7.99. The molecule has 0 saturated carbocycles. The summed E-state index contributed by atoms with van der Waals surface area (Å²) in [5, 5.41) is 0. The number of hydrogen-bond acceptors (Lipinski definition) is 4. The Labute approximate surface area is 89.5 Å². The van der Waals surface area contributed by atoms with Gasteiger partial charge in [0, 0.05) is 22.3 Å². The summed E-state index contributed by atoms with van der Waals surface area (Å²) in [6, 6.07) is 3.97. The lowest BCUT2D eigenvalue weighted by molar-refractivity contribution is 0.802. The van der Waals surface area contributed by atoms with Gasteiger partial charge in [0.25, 0.3) is 0 Å². The van der Waals surface area contributed by atoms with Crippen molar-refractivity contribution in [2.75, 3.05) is 5.43 Å². The Morgan fingerprint density at radius 3 is 2.79 bits per heavy atom. The van der Waals surface area contributed by atoms with Crippen molar-refractivity contribution < 1.29 is 0 Å². The zero-order chi connectivity index (χ0) is 10.6. The second-order valence-corrected chi connectivity index (χ2v) is 5.86. The van der Waals surface area contributed by atoms with Crippen molar-refractivity contribution in [3.63, 3.8) is 0 Å². The van der Waals surface area contributed by atoms with E-state index in [9.17, 15) is 0 Å². The lowest BCUT2D eigenvalue weighted by atomic mass is 10.3. The predicted molar refractivity (Wildman–Crippen MR) is 63.1 cm³/mol. The van der Waals surface area contributed by atoms with Crippen LogP contribution in [0.5, 0.6) is 0 Å². The first-order valence-electron chi connectivity index (χ1n) is 4.57. The quantitative estimate of drug-likeness (QED) is 0.595. The second-order valence-electron chi connectivity index (χ2n) is 4.06. The maximum Gasteiger partial charge on any atom is 0.143 e. The Hall–Kier alpha value is -0.740. The van der Waals surface area contributed by atoms with Crippen molar-refractivity contribution >= 4 is 17.6 Å². The standard InChI is InChI=1S/C10H17N3S/c1-10(2,3)14-7-8-5-4-6-12-9(8)13-11/h4-6H,7,11H2,1-3H3,(H,12,13). The van der Waals surface area contributed by atoms with E-state index in [-0.39, 0.29) is 4.75 Å². The summed E-state index contributed by atoms with van der Waals surface area (Å²) in [4.78, 5) is 4.15. The largest absolute Gasteiger partial charge is 0.308 e. The topological polar surface area (TPSA) is 50.9 Å². The van der Waals surface area contributed by atoms with E-state index in [1.54, 1.807) is 6.20 Å². The molecule has 0 unspecified atom stereocenters. The van der Waals surface area contributed by atoms with Crippen molar-refractivity contribution in [2.24, 2.45) is 5.84 Å². The van der Waals surface area contributed by atoms with Gasteiger partial charge >= 0.3 is 0 Å². The van der Waals surface area contributed by atoms with Gasteiger partial charge in [-0.15, -0.1) is 0 Å². The van der Waals surface area contributed by atoms with Crippen molar-refractivity contribution in [2.45, 2.75) is 31.3 Å². The number of anilines is 1. The van der Waals surface area contributed by atoms with Crippen LogP contribution >= 0.6 is 11.8 Å². The molecule has 0 amide bonds. The van der Waals surface area contributed by atoms with Crippen molar-refractivity contribution in [1.82, 2.24) is 4.98 Å². The third-order valence-corrected chi connectivity index (χ3v) is 3.01. The third kappa shape index (κ3) is 3.55. The Balaban J connectivity index is 2.67. The smallest absolute Gasteiger partial charge is 0.143 e. The van der Waals surface area contributed by atoms with E-state index in [1.165, 1.54) is 0 Å². The number of aromatic nitrogens is 1. The van der Waals surface area contributed by atoms with Gasteiger partial charge in [-0.3, -0.25) is 0 Å². The number of thioether (sulfide) groups is 1. The van der Waals surface area contributed by atoms with Gasteiger partial charge in [-0.25, -0.2) is 10.8 Å². The summed E-state index contributed by atoms with van der Waals surface area (Å²) in [6.07, 6.45) is 1.74. The molecule has 0 aliphatic carbocycles. The lowest BCUT2D eigenvalue weighted by Gasteiger charge is -2.18. The highest BCUT2D eigenvalue weighted by atomic mass is 32.2. The Bertz CT molecular complexity index is 294. The van der Waals surface area contributed by atoms with E-state index in [1.807, 2.05) is 23.9 Å². The first kappa shape index (κ1) is 11.3. The molecular formula is C10H17N3S. The van der Waals surface area contributed by atoms with Crippen LogP contribution in [0.1, 0.15) is 26.3 Å². The fourth-order valence-electron chi connectivity index (χ4n) is 0.979. The van der Waals surface area contributed by atoms with Gasteiger partial charge in [-0.05, 0) is 6.07 Å². The molecule has 1 aromatic heterocycles. The van der Waals surface area contributed by atoms with Crippen molar-refractivity contribution in [1.29, 1.82) is 0 Å². The van der Waals surface area contributed by atoms with Crippen LogP contribution in [0, 0.1) is 0 Å². The molecule has 1 heterocycles. The van der Waals surface area contributed by atoms with Crippen LogP contribution in [0.3, 0.4) is 0 Å². The monoisotopic (exact) mass is 211 g/mol. The van der Waals surface area contributed by atoms with Gasteiger partial charge in [-0.2, -0.15) is 11.8 Å². The molecule has 0 aliphatic rings. The van der Waals surface area contributed by atoms with E-state index in [4.69, 9.17) is 5.84 Å². The van der Waals surface area contributed by atoms with Gasteiger partial charge < -0.3 is 5.43 Å². The number of nitrogens with zero attached hydrogens (tertiary/aromatic N) is 1. The Morgan fingerprint density at radius 2 is 2.21 bits per heavy atom. The molecule has 1 aromatic rings. The number of rotatable bonds is 3. The third-order valence-electron chi connectivity index (χ3n) is 1.69. The summed E-state index contributed by atoms with van der Waals surface area (Å²) in [5.74, 6) is 7.06. The molecule has 0 radical (unpaired) electrons. The van der Waals surface area contributed by atoms with Gasteiger partial charge in [-0.1, -0.05) is 26.8 Å². The molecule has 78 valence electrons. The molecule has 0 aromatic carbocycles. The molecular weight excluding hydrogens is 194 g/mol. The van der Waals surface area contributed by atoms with Crippen LogP contribution < -0.4 is 11.3 Å². The second kappa shape index (κ2) is 4.66. The normalized spacial score (nSPS) is 11.4. The first-order valence-corrected chi connectivity index (χ1v) is 5.56. The summed E-state index contributed by atoms with van der Waals surface area (Å²) < 4.78 is 0.266. The zero-order valence-corrected chi connectivity index (χ0v) is 9.69. The van der Waals surface area contributed by atoms with E-state index in [0.29, 0.717) is 0 Å². The van der Waals surface area contributed by atoms with E-state index in [2.05, 4.69) is 31.2 Å². The molecule has 4 heteroatoms. The predicted octanol–water partition coefficient (Wildman–Crippen LogP) is 2.40. The number of hydrazine groups is 1. The summed E-state index contributed by atoms with van der Waals surface area (Å²) in [5.41, 5.74) is 3.76. The van der Waals surface area contributed by atoms with Gasteiger partial charge in [0.1, 0.15) is 5.82 Å². The maximum atomic E-state index is 5.37. The minimum atomic E-state index is 0.266. The number of pyridine rings is 1. The minimum Gasteiger partial charge on any atom is -0.308 e. The number of nitrogen functional groups attached to an aromatic ring is 1. The SMILES string of the molecule is CC(C)(C)SCc1cccnc1NN. The maximum absolute atomic E-state index is 5.37. The van der Waals surface area contributed by atoms with Crippen molar-refractivity contribution in [3.8, 4) is 0 Å². The number of nitrogens with two attached hydrogens (primary N) is 1. The molecule has 0 atom stereocenters. The van der Waals surface area contributed by atoms with Gasteiger partial charge in [0.2, 0.25) is 0 Å². The van der Waals surface area contributed by atoms with Crippen LogP contribution in [-0.4, -0.2) is 9.73 Å². The molecule has 0 spiro atoms. The lowest BCUT2D eigenvalue weighted by Crippen LogP contribution is -2.12. The molecule has 14 heavy (non-hydrogen) atoms. The fraction of sp³-hybridized carbons (Fsp3) is 0.500. The van der Waals surface area contributed by atoms with E-state index in [0.717, 1.165) is 17.1 Å². The molecule has 0 fully saturated rings. The van der Waals surface area contributed by atoms with Gasteiger partial charge in [0.15, 0.2) is 0 Å². The average molecular weight is 211 g/mol. The minimum absolute atomic E-state index is 0.266.